The molecule has 7 nitrogen and oxygen atoms in total. The van der Waals surface area contributed by atoms with E-state index in [0.29, 0.717) is 25.3 Å². The number of carbonyl (C=O) groups is 1. The lowest BCUT2D eigenvalue weighted by molar-refractivity contribution is 0.0946. The largest absolute Gasteiger partial charge is 0.454 e. The second-order valence-corrected chi connectivity index (χ2v) is 11.4. The second kappa shape index (κ2) is 11.3. The van der Waals surface area contributed by atoms with Crippen molar-refractivity contribution in [1.82, 2.24) is 20.2 Å². The molecule has 38 heavy (non-hydrogen) atoms. The summed E-state index contributed by atoms with van der Waals surface area (Å²) < 4.78 is 11.1. The van der Waals surface area contributed by atoms with Crippen LogP contribution in [0.25, 0.3) is 0 Å². The lowest BCUT2D eigenvalue weighted by Crippen LogP contribution is -2.24. The van der Waals surface area contributed by atoms with Crippen molar-refractivity contribution in [2.45, 2.75) is 52.4 Å². The van der Waals surface area contributed by atoms with E-state index in [9.17, 15) is 4.79 Å². The maximum absolute atomic E-state index is 12.7. The minimum Gasteiger partial charge on any atom is -0.454 e. The number of rotatable bonds is 9. The van der Waals surface area contributed by atoms with E-state index >= 15 is 0 Å². The number of hydrogen-bond acceptors (Lipinski definition) is 7. The quantitative estimate of drug-likeness (QED) is 0.301. The van der Waals surface area contributed by atoms with Crippen molar-refractivity contribution >= 4 is 17.2 Å². The summed E-state index contributed by atoms with van der Waals surface area (Å²) in [6.45, 7) is 9.45. The van der Waals surface area contributed by atoms with Crippen molar-refractivity contribution in [1.29, 1.82) is 0 Å². The summed E-state index contributed by atoms with van der Waals surface area (Å²) in [5.74, 6) is 1.38. The molecular weight excluding hydrogens is 496 g/mol. The normalized spacial score (nSPS) is 12.6. The third kappa shape index (κ3) is 6.57. The van der Waals surface area contributed by atoms with Gasteiger partial charge in [0.05, 0.1) is 6.54 Å². The molecular formula is C30H32N4O3S. The van der Waals surface area contributed by atoms with Crippen molar-refractivity contribution < 1.29 is 14.3 Å². The van der Waals surface area contributed by atoms with E-state index in [2.05, 4.69) is 71.3 Å². The average Bonchev–Trinajstić information content (AvgIpc) is 3.57. The Kier molecular flexibility index (Phi) is 7.72. The van der Waals surface area contributed by atoms with Gasteiger partial charge < -0.3 is 14.8 Å². The van der Waals surface area contributed by atoms with Crippen LogP contribution in [0.1, 0.15) is 58.5 Å². The number of hydrogen-bond donors (Lipinski definition) is 1. The summed E-state index contributed by atoms with van der Waals surface area (Å²) in [5, 5.41) is 5.66. The zero-order valence-electron chi connectivity index (χ0n) is 21.9. The van der Waals surface area contributed by atoms with Gasteiger partial charge in [0.25, 0.3) is 5.91 Å². The lowest BCUT2D eigenvalue weighted by Gasteiger charge is -2.23. The Labute approximate surface area is 227 Å². The molecule has 2 aromatic carbocycles. The van der Waals surface area contributed by atoms with E-state index in [0.717, 1.165) is 34.2 Å². The molecule has 0 radical (unpaired) electrons. The van der Waals surface area contributed by atoms with Gasteiger partial charge in [0.2, 0.25) is 6.79 Å². The highest BCUT2D eigenvalue weighted by molar-refractivity contribution is 7.09. The van der Waals surface area contributed by atoms with Crippen LogP contribution < -0.4 is 14.8 Å². The van der Waals surface area contributed by atoms with E-state index in [1.807, 2.05) is 29.6 Å². The molecule has 2 aromatic heterocycles. The molecule has 1 aliphatic heterocycles. The molecule has 4 aromatic rings. The maximum atomic E-state index is 12.7. The van der Waals surface area contributed by atoms with Crippen LogP contribution >= 0.6 is 11.3 Å². The van der Waals surface area contributed by atoms with Crippen LogP contribution in [0.5, 0.6) is 11.5 Å². The van der Waals surface area contributed by atoms with Crippen LogP contribution in [0.4, 0.5) is 0 Å². The molecule has 1 N–H and O–H groups in total. The van der Waals surface area contributed by atoms with Crippen molar-refractivity contribution in [2.75, 3.05) is 6.79 Å². The number of fused-ring (bicyclic) bond motifs is 1. The second-order valence-electron chi connectivity index (χ2n) is 10.4. The Hall–Kier alpha value is -3.75. The Bertz CT molecular complexity index is 1380. The highest BCUT2D eigenvalue weighted by atomic mass is 32.1. The topological polar surface area (TPSA) is 76.6 Å². The van der Waals surface area contributed by atoms with E-state index in [4.69, 9.17) is 9.47 Å². The van der Waals surface area contributed by atoms with Crippen LogP contribution in [0.3, 0.4) is 0 Å². The molecule has 0 fully saturated rings. The highest BCUT2D eigenvalue weighted by Crippen LogP contribution is 2.33. The number of carbonyl (C=O) groups excluding carboxylic acids is 1. The molecule has 0 saturated heterocycles. The molecule has 5 rings (SSSR count). The first-order chi connectivity index (χ1) is 18.3. The van der Waals surface area contributed by atoms with Gasteiger partial charge in [-0.2, -0.15) is 0 Å². The van der Waals surface area contributed by atoms with Gasteiger partial charge in [0.15, 0.2) is 11.5 Å². The van der Waals surface area contributed by atoms with Crippen LogP contribution in [0.2, 0.25) is 0 Å². The van der Waals surface area contributed by atoms with E-state index in [1.54, 1.807) is 12.4 Å². The fourth-order valence-corrected chi connectivity index (χ4v) is 5.10. The number of ether oxygens (including phenoxy) is 2. The average molecular weight is 529 g/mol. The van der Waals surface area contributed by atoms with Gasteiger partial charge in [-0.3, -0.25) is 14.7 Å². The third-order valence-corrected chi connectivity index (χ3v) is 7.25. The van der Waals surface area contributed by atoms with Gasteiger partial charge in [0, 0.05) is 37.4 Å². The number of aromatic nitrogens is 2. The van der Waals surface area contributed by atoms with Gasteiger partial charge in [-0.05, 0) is 51.9 Å². The molecule has 0 aliphatic carbocycles. The number of amides is 1. The predicted molar refractivity (Wildman–Crippen MR) is 148 cm³/mol. The highest BCUT2D eigenvalue weighted by Gasteiger charge is 2.18. The van der Waals surface area contributed by atoms with Crippen LogP contribution in [-0.2, 0) is 31.6 Å². The summed E-state index contributed by atoms with van der Waals surface area (Å²) in [4.78, 5) is 23.7. The zero-order valence-corrected chi connectivity index (χ0v) is 22.8. The first kappa shape index (κ1) is 25.9. The Morgan fingerprint density at radius 1 is 0.921 bits per heavy atom. The molecule has 1 aliphatic rings. The molecule has 1 amide bonds. The first-order valence-corrected chi connectivity index (χ1v) is 13.5. The predicted octanol–water partition coefficient (Wildman–Crippen LogP) is 5.70. The minimum atomic E-state index is -0.176. The van der Waals surface area contributed by atoms with Gasteiger partial charge in [0.1, 0.15) is 10.7 Å². The fraction of sp³-hybridized carbons (Fsp3) is 0.300. The monoisotopic (exact) mass is 528 g/mol. The maximum Gasteiger partial charge on any atom is 0.271 e. The standard InChI is InChI=1S/C30H32N4O3S/c1-30(2,3)24-7-4-22(5-8-24)16-34(17-23-6-9-26-27(14-23)37-20-36-26)18-28-33-25(19-38-28)29(35)32-15-21-10-12-31-13-11-21/h4-14,19H,15-18,20H2,1-3H3,(H,32,35). The molecule has 0 saturated carbocycles. The van der Waals surface area contributed by atoms with Gasteiger partial charge in [-0.1, -0.05) is 51.1 Å². The number of thiazole rings is 1. The SMILES string of the molecule is CC(C)(C)c1ccc(CN(Cc2ccc3c(c2)OCO3)Cc2nc(C(=O)NCc3ccncc3)cs2)cc1. The summed E-state index contributed by atoms with van der Waals surface area (Å²) in [5.41, 5.74) is 5.22. The minimum absolute atomic E-state index is 0.111. The number of nitrogens with zero attached hydrogens (tertiary/aromatic N) is 3. The summed E-state index contributed by atoms with van der Waals surface area (Å²) in [7, 11) is 0. The van der Waals surface area contributed by atoms with Gasteiger partial charge in [-0.15, -0.1) is 11.3 Å². The third-order valence-electron chi connectivity index (χ3n) is 6.41. The summed E-state index contributed by atoms with van der Waals surface area (Å²) >= 11 is 1.51. The Morgan fingerprint density at radius 2 is 1.63 bits per heavy atom. The first-order valence-electron chi connectivity index (χ1n) is 12.7. The summed E-state index contributed by atoms with van der Waals surface area (Å²) in [6.07, 6.45) is 3.43. The molecule has 196 valence electrons. The van der Waals surface area contributed by atoms with E-state index in [-0.39, 0.29) is 18.1 Å². The van der Waals surface area contributed by atoms with Crippen LogP contribution in [0, 0.1) is 0 Å². The lowest BCUT2D eigenvalue weighted by atomic mass is 9.87. The molecule has 0 bridgehead atoms. The zero-order chi connectivity index (χ0) is 26.5. The van der Waals surface area contributed by atoms with Crippen molar-refractivity contribution in [3.63, 3.8) is 0 Å². The summed E-state index contributed by atoms with van der Waals surface area (Å²) in [6, 6.07) is 18.7. The van der Waals surface area contributed by atoms with Crippen LogP contribution in [-0.4, -0.2) is 27.6 Å². The Balaban J connectivity index is 1.29. The molecule has 0 unspecified atom stereocenters. The van der Waals surface area contributed by atoms with Gasteiger partial charge in [-0.25, -0.2) is 4.98 Å². The van der Waals surface area contributed by atoms with Crippen molar-refractivity contribution in [3.8, 4) is 11.5 Å². The molecule has 8 heteroatoms. The number of benzene rings is 2. The van der Waals surface area contributed by atoms with Crippen molar-refractivity contribution in [3.05, 3.63) is 105 Å². The molecule has 0 spiro atoms. The Morgan fingerprint density at radius 3 is 2.39 bits per heavy atom. The smallest absolute Gasteiger partial charge is 0.271 e. The van der Waals surface area contributed by atoms with Crippen molar-refractivity contribution in [2.24, 2.45) is 0 Å². The fourth-order valence-electron chi connectivity index (χ4n) is 4.29. The van der Waals surface area contributed by atoms with E-state index < -0.39 is 0 Å². The van der Waals surface area contributed by atoms with E-state index in [1.165, 1.54) is 22.5 Å². The van der Waals surface area contributed by atoms with Gasteiger partial charge >= 0.3 is 0 Å². The molecule has 0 atom stereocenters. The number of pyridine rings is 1. The molecule has 3 heterocycles. The number of nitrogens with one attached hydrogen (secondary N) is 1. The van der Waals surface area contributed by atoms with Crippen LogP contribution in [0.15, 0.2) is 72.4 Å².